The van der Waals surface area contributed by atoms with Gasteiger partial charge in [-0.05, 0) is 47.4 Å². The Morgan fingerprint density at radius 2 is 1.83 bits per heavy atom. The average molecular weight is 666 g/mol. The number of hydrogen-bond acceptors (Lipinski definition) is 7. The fourth-order valence-corrected chi connectivity index (χ4v) is 7.34. The molecule has 2 aromatic carbocycles. The predicted molar refractivity (Wildman–Crippen MR) is 159 cm³/mol. The first-order chi connectivity index (χ1) is 20.1. The third-order valence-corrected chi connectivity index (χ3v) is 9.49. The van der Waals surface area contributed by atoms with E-state index in [-0.39, 0.29) is 46.4 Å². The molecule has 1 aromatic heterocycles. The van der Waals surface area contributed by atoms with Gasteiger partial charge in [0.15, 0.2) is 11.5 Å². The molecule has 42 heavy (non-hydrogen) atoms. The average Bonchev–Trinajstić information content (AvgIpc) is 3.45. The van der Waals surface area contributed by atoms with Crippen molar-refractivity contribution < 1.29 is 33.2 Å². The molecule has 0 bridgehead atoms. The molecule has 3 aromatic rings. The molecule has 2 aliphatic heterocycles. The van der Waals surface area contributed by atoms with E-state index in [9.17, 15) is 23.7 Å². The molecule has 0 spiro atoms. The first kappa shape index (κ1) is 29.9. The van der Waals surface area contributed by atoms with Gasteiger partial charge in [0.25, 0.3) is 5.91 Å². The summed E-state index contributed by atoms with van der Waals surface area (Å²) in [5.74, 6) is 0.883. The molecule has 0 radical (unpaired) electrons. The lowest BCUT2D eigenvalue weighted by Crippen LogP contribution is -2.73. The van der Waals surface area contributed by atoms with Crippen LogP contribution in [0.2, 0.25) is 15.1 Å². The van der Waals surface area contributed by atoms with E-state index in [1.54, 1.807) is 36.4 Å². The van der Waals surface area contributed by atoms with Crippen molar-refractivity contribution in [3.05, 3.63) is 85.1 Å². The van der Waals surface area contributed by atoms with E-state index in [1.807, 2.05) is 5.38 Å². The number of nitrogens with zero attached hydrogens (tertiary/aromatic N) is 1. The van der Waals surface area contributed by atoms with Gasteiger partial charge in [-0.1, -0.05) is 46.8 Å². The number of carbonyl (C=O) groups is 3. The number of halogens is 3. The van der Waals surface area contributed by atoms with Gasteiger partial charge >= 0.3 is 5.97 Å². The summed E-state index contributed by atoms with van der Waals surface area (Å²) in [6.07, 6.45) is 2.41. The summed E-state index contributed by atoms with van der Waals surface area (Å²) in [6.45, 7) is 0. The van der Waals surface area contributed by atoms with E-state index in [2.05, 4.69) is 17.3 Å². The molecule has 5 rings (SSSR count). The zero-order valence-electron chi connectivity index (χ0n) is 21.3. The Kier molecular flexibility index (Phi) is 9.11. The number of amides is 2. The molecule has 0 aliphatic carbocycles. The highest BCUT2D eigenvalue weighted by Crippen LogP contribution is 2.38. The highest BCUT2D eigenvalue weighted by Gasteiger charge is 2.57. The Hall–Kier alpha value is -3.53. The molecule has 1 saturated heterocycles. The molecule has 14 heteroatoms. The van der Waals surface area contributed by atoms with Crippen LogP contribution in [0.25, 0.3) is 0 Å². The smallest absolute Gasteiger partial charge is 0.352 e. The maximum absolute atomic E-state index is 13.1. The highest BCUT2D eigenvalue weighted by atomic mass is 35.5. The largest absolute Gasteiger partial charge is 0.477 e. The van der Waals surface area contributed by atoms with E-state index in [4.69, 9.17) is 44.3 Å². The molecule has 9 nitrogen and oxygen atoms in total. The van der Waals surface area contributed by atoms with E-state index in [1.165, 1.54) is 23.5 Å². The minimum absolute atomic E-state index is 0.0649. The molecule has 2 N–H and O–H groups in total. The number of thiophene rings is 1. The Balaban J connectivity index is 1.29. The summed E-state index contributed by atoms with van der Waals surface area (Å²) in [5.41, 5.74) is -0.104. The van der Waals surface area contributed by atoms with Crippen molar-refractivity contribution in [2.45, 2.75) is 24.3 Å². The maximum atomic E-state index is 13.1. The second kappa shape index (κ2) is 12.8. The Morgan fingerprint density at radius 3 is 2.52 bits per heavy atom. The van der Waals surface area contributed by atoms with Crippen molar-refractivity contribution in [1.82, 2.24) is 10.2 Å². The Labute approximate surface area is 261 Å². The zero-order valence-corrected chi connectivity index (χ0v) is 25.2. The Bertz CT molecular complexity index is 1700. The van der Waals surface area contributed by atoms with E-state index in [0.717, 1.165) is 9.78 Å². The number of ether oxygens (including phenoxy) is 2. The lowest BCUT2D eigenvalue weighted by atomic mass is 10.0. The zero-order chi connectivity index (χ0) is 30.0. The van der Waals surface area contributed by atoms with E-state index < -0.39 is 40.0 Å². The topological polar surface area (TPSA) is 122 Å². The number of carboxylic acids is 1. The number of benzene rings is 2. The molecule has 2 amide bonds. The summed E-state index contributed by atoms with van der Waals surface area (Å²) in [7, 11) is -1.67. The number of aliphatic carboxylic acids is 1. The van der Waals surface area contributed by atoms with Gasteiger partial charge in [-0.25, -0.2) is 4.79 Å². The van der Waals surface area contributed by atoms with Crippen molar-refractivity contribution in [2.75, 3.05) is 5.75 Å². The van der Waals surface area contributed by atoms with Gasteiger partial charge in [0, 0.05) is 27.4 Å². The van der Waals surface area contributed by atoms with Gasteiger partial charge in [-0.2, -0.15) is 0 Å². The molecule has 1 fully saturated rings. The number of carboxylic acid groups (broad SMARTS) is 1. The molecule has 216 valence electrons. The van der Waals surface area contributed by atoms with Crippen LogP contribution < -0.4 is 14.8 Å². The van der Waals surface area contributed by atoms with Gasteiger partial charge in [0.2, 0.25) is 5.91 Å². The molecule has 3 heterocycles. The van der Waals surface area contributed by atoms with Crippen molar-refractivity contribution in [3.8, 4) is 29.3 Å². The van der Waals surface area contributed by atoms with Crippen molar-refractivity contribution >= 4 is 74.7 Å². The minimum Gasteiger partial charge on any atom is -0.477 e. The predicted octanol–water partition coefficient (Wildman–Crippen LogP) is 5.23. The number of fused-ring (bicyclic) bond motifs is 1. The quantitative estimate of drug-likeness (QED) is 0.250. The maximum Gasteiger partial charge on any atom is 0.352 e. The van der Waals surface area contributed by atoms with Gasteiger partial charge < -0.3 is 19.9 Å². The van der Waals surface area contributed by atoms with Crippen molar-refractivity contribution in [3.63, 3.8) is 0 Å². The fourth-order valence-electron chi connectivity index (χ4n) is 4.34. The third-order valence-electron chi connectivity index (χ3n) is 6.19. The first-order valence-electron chi connectivity index (χ1n) is 12.2. The summed E-state index contributed by atoms with van der Waals surface area (Å²) in [4.78, 5) is 39.2. The molecular weight excluding hydrogens is 647 g/mol. The normalized spacial score (nSPS) is 19.3. The third kappa shape index (κ3) is 6.43. The fraction of sp³-hybridized carbons (Fsp3) is 0.179. The Morgan fingerprint density at radius 1 is 1.10 bits per heavy atom. The van der Waals surface area contributed by atoms with Crippen molar-refractivity contribution in [1.29, 1.82) is 0 Å². The van der Waals surface area contributed by atoms with Crippen LogP contribution in [0, 0.1) is 12.0 Å². The number of carbonyl (C=O) groups excluding carboxylic acids is 2. The lowest BCUT2D eigenvalue weighted by Gasteiger charge is -2.49. The highest BCUT2D eigenvalue weighted by molar-refractivity contribution is 7.86. The summed E-state index contributed by atoms with van der Waals surface area (Å²) in [6, 6.07) is 11.9. The molecule has 3 atom stereocenters. The summed E-state index contributed by atoms with van der Waals surface area (Å²) in [5, 5.41) is 14.4. The van der Waals surface area contributed by atoms with Gasteiger partial charge in [-0.3, -0.25) is 18.7 Å². The van der Waals surface area contributed by atoms with Gasteiger partial charge in [0.1, 0.15) is 29.0 Å². The van der Waals surface area contributed by atoms with E-state index in [0.29, 0.717) is 15.8 Å². The second-order valence-corrected chi connectivity index (χ2v) is 12.9. The minimum atomic E-state index is -1.67. The van der Waals surface area contributed by atoms with Crippen LogP contribution in [0.15, 0.2) is 65.2 Å². The van der Waals surface area contributed by atoms with Gasteiger partial charge in [-0.15, -0.1) is 11.3 Å². The number of nitrogens with one attached hydrogen (secondary N) is 1. The number of β-lactam (4-membered cyclic amide) rings is 1. The van der Waals surface area contributed by atoms with Gasteiger partial charge in [0.05, 0.1) is 28.0 Å². The molecule has 2 unspecified atom stereocenters. The van der Waals surface area contributed by atoms with E-state index >= 15 is 0 Å². The summed E-state index contributed by atoms with van der Waals surface area (Å²) < 4.78 is 24.4. The van der Waals surface area contributed by atoms with Crippen molar-refractivity contribution in [2.24, 2.45) is 0 Å². The number of rotatable bonds is 8. The van der Waals surface area contributed by atoms with Crippen LogP contribution >= 0.6 is 46.1 Å². The lowest BCUT2D eigenvalue weighted by molar-refractivity contribution is -0.150. The SMILES string of the molecule is O=C(Cc1cccs1)NC1C(=O)N2C(C(=O)O)=C(CC#COc3cc(Cl)ccc3Oc3ccc(Cl)cc3Cl)CS(=O)[C@H]12. The second-order valence-electron chi connectivity index (χ2n) is 9.01. The standard InChI is InChI=1S/C28H19Cl3N2O7S2/c29-16-5-7-20(19(31)11-16)40-21-8-6-17(30)12-22(21)39-9-1-3-15-14-42(38)27-24(26(35)33(27)25(15)28(36)37)32-23(34)13-18-4-2-10-41-18/h2,4-8,10-12,24,27H,3,13-14H2,(H,32,34)(H,36,37)/t24?,27-,42?/m1/s1. The van der Waals surface area contributed by atoms with Crippen LogP contribution in [0.5, 0.6) is 17.2 Å². The van der Waals surface area contributed by atoms with Crippen LogP contribution in [0.1, 0.15) is 11.3 Å². The van der Waals surface area contributed by atoms with Crippen LogP contribution in [0.4, 0.5) is 0 Å². The number of hydrogen-bond donors (Lipinski definition) is 2. The monoisotopic (exact) mass is 664 g/mol. The van der Waals surface area contributed by atoms with Crippen LogP contribution in [0.3, 0.4) is 0 Å². The molecule has 0 saturated carbocycles. The summed E-state index contributed by atoms with van der Waals surface area (Å²) >= 11 is 19.6. The molecular formula is C28H19Cl3N2O7S2. The first-order valence-corrected chi connectivity index (χ1v) is 15.6. The molecule has 2 aliphatic rings. The van der Waals surface area contributed by atoms with Crippen LogP contribution in [-0.2, 0) is 31.6 Å². The van der Waals surface area contributed by atoms with Crippen LogP contribution in [-0.4, -0.2) is 49.2 Å².